The number of aryl methyl sites for hydroxylation is 1. The molecule has 0 amide bonds. The maximum Gasteiger partial charge on any atom is 0.416 e. The van der Waals surface area contributed by atoms with Crippen LogP contribution in [-0.4, -0.2) is 33.1 Å². The number of benzene rings is 1. The van der Waals surface area contributed by atoms with Crippen LogP contribution in [0.15, 0.2) is 26.7 Å². The third-order valence-corrected chi connectivity index (χ3v) is 5.63. The van der Waals surface area contributed by atoms with Gasteiger partial charge in [-0.1, -0.05) is 27.6 Å². The number of fused-ring (bicyclic) bond motifs is 1. The predicted molar refractivity (Wildman–Crippen MR) is 106 cm³/mol. The third kappa shape index (κ3) is 4.21. The summed E-state index contributed by atoms with van der Waals surface area (Å²) in [6.45, 7) is 14.9. The van der Waals surface area contributed by atoms with E-state index in [-0.39, 0.29) is 29.0 Å². The van der Waals surface area contributed by atoms with E-state index in [4.69, 9.17) is 13.1 Å². The first-order valence-corrected chi connectivity index (χ1v) is 10.2. The molecule has 0 N–H and O–H groups in total. The van der Waals surface area contributed by atoms with Crippen molar-refractivity contribution >= 4 is 44.7 Å². The summed E-state index contributed by atoms with van der Waals surface area (Å²) < 4.78 is 58.4. The molecule has 10 nitrogen and oxygen atoms in total. The summed E-state index contributed by atoms with van der Waals surface area (Å²) in [5, 5.41) is 7.83. The molecule has 0 saturated carbocycles. The van der Waals surface area contributed by atoms with Crippen LogP contribution in [0.1, 0.15) is 12.0 Å². The second kappa shape index (κ2) is 8.71. The van der Waals surface area contributed by atoms with Crippen molar-refractivity contribution in [2.75, 3.05) is 18.5 Å². The third-order valence-electron chi connectivity index (χ3n) is 4.55. The van der Waals surface area contributed by atoms with E-state index in [1.807, 2.05) is 4.90 Å². The zero-order chi connectivity index (χ0) is 22.8. The molecule has 14 heteroatoms. The summed E-state index contributed by atoms with van der Waals surface area (Å²) in [6, 6.07) is 2.88. The van der Waals surface area contributed by atoms with Gasteiger partial charge in [-0.3, -0.25) is 0 Å². The molecule has 31 heavy (non-hydrogen) atoms. The predicted octanol–water partition coefficient (Wildman–Crippen LogP) is 5.46. The minimum absolute atomic E-state index is 0.0486. The van der Waals surface area contributed by atoms with E-state index >= 15 is 0 Å². The number of hydrogen-bond donors (Lipinski definition) is 0. The summed E-state index contributed by atoms with van der Waals surface area (Å²) >= 11 is 0. The molecule has 1 unspecified atom stereocenters. The largest absolute Gasteiger partial charge is 0.416 e. The van der Waals surface area contributed by atoms with Crippen LogP contribution in [0, 0.1) is 13.1 Å². The summed E-state index contributed by atoms with van der Waals surface area (Å²) in [6.07, 6.45) is 1.50. The molecule has 2 aromatic rings. The van der Waals surface area contributed by atoms with E-state index < -0.39 is 15.8 Å². The van der Waals surface area contributed by atoms with Crippen LogP contribution in [0.3, 0.4) is 0 Å². The molecule has 1 aliphatic rings. The molecular formula is C17H15F3N8O2S. The summed E-state index contributed by atoms with van der Waals surface area (Å²) in [5.41, 5.74) is 1.07. The zero-order valence-electron chi connectivity index (χ0n) is 16.3. The van der Waals surface area contributed by atoms with E-state index in [1.54, 1.807) is 7.05 Å². The Labute approximate surface area is 175 Å². The Kier molecular flexibility index (Phi) is 6.24. The maximum absolute atomic E-state index is 13.1. The Bertz CT molecular complexity index is 1250. The van der Waals surface area contributed by atoms with Crippen molar-refractivity contribution in [3.05, 3.63) is 40.5 Å². The SMILES string of the molecule is [C-]#[N+]c1nc(N=Nc2cc3c(cc2N=S(=O)(OF)C(F)F)N(C)CCC3)n(C)c1[N+]#[C-]. The molecule has 1 atom stereocenters. The van der Waals surface area contributed by atoms with Gasteiger partial charge in [-0.2, -0.15) is 13.1 Å². The minimum Gasteiger partial charge on any atom is -0.374 e. The van der Waals surface area contributed by atoms with Crippen LogP contribution in [0.4, 0.5) is 48.0 Å². The number of nitrogens with zero attached hydrogens (tertiary/aromatic N) is 8. The van der Waals surface area contributed by atoms with E-state index in [2.05, 4.69) is 33.7 Å². The van der Waals surface area contributed by atoms with E-state index in [0.717, 1.165) is 12.0 Å². The average Bonchev–Trinajstić information content (AvgIpc) is 3.07. The molecule has 2 heterocycles. The van der Waals surface area contributed by atoms with Gasteiger partial charge < -0.3 is 14.6 Å². The second-order valence-electron chi connectivity index (χ2n) is 6.47. The highest BCUT2D eigenvalue weighted by Crippen LogP contribution is 2.40. The van der Waals surface area contributed by atoms with Gasteiger partial charge in [0.1, 0.15) is 11.4 Å². The highest BCUT2D eigenvalue weighted by Gasteiger charge is 2.27. The maximum atomic E-state index is 13.1. The molecule has 0 radical (unpaired) electrons. The normalized spacial score (nSPS) is 15.4. The van der Waals surface area contributed by atoms with Gasteiger partial charge in [-0.05, 0) is 35.1 Å². The Morgan fingerprint density at radius 2 is 1.97 bits per heavy atom. The average molecular weight is 452 g/mol. The van der Waals surface area contributed by atoms with Crippen LogP contribution in [0.2, 0.25) is 0 Å². The molecule has 1 aromatic heterocycles. The van der Waals surface area contributed by atoms with Gasteiger partial charge in [-0.15, -0.1) is 5.11 Å². The fraction of sp³-hybridized carbons (Fsp3) is 0.353. The Morgan fingerprint density at radius 1 is 1.23 bits per heavy atom. The fourth-order valence-corrected chi connectivity index (χ4v) is 3.60. The van der Waals surface area contributed by atoms with Gasteiger partial charge in [-0.25, -0.2) is 8.78 Å². The highest BCUT2D eigenvalue weighted by atomic mass is 32.2. The lowest BCUT2D eigenvalue weighted by atomic mass is 10.0. The number of azo groups is 1. The molecule has 3 rings (SSSR count). The fourth-order valence-electron chi connectivity index (χ4n) is 3.02. The summed E-state index contributed by atoms with van der Waals surface area (Å²) in [4.78, 5) is 12.1. The van der Waals surface area contributed by atoms with Gasteiger partial charge in [0.15, 0.2) is 0 Å². The number of halogens is 3. The van der Waals surface area contributed by atoms with Crippen molar-refractivity contribution in [2.24, 2.45) is 21.6 Å². The lowest BCUT2D eigenvalue weighted by Gasteiger charge is -2.28. The van der Waals surface area contributed by atoms with Crippen molar-refractivity contribution in [3.63, 3.8) is 0 Å². The van der Waals surface area contributed by atoms with Gasteiger partial charge in [0.25, 0.3) is 21.6 Å². The number of hydrogen-bond acceptors (Lipinski definition) is 7. The van der Waals surface area contributed by atoms with Crippen LogP contribution >= 0.6 is 0 Å². The molecular weight excluding hydrogens is 437 g/mol. The molecule has 0 fully saturated rings. The van der Waals surface area contributed by atoms with E-state index in [0.29, 0.717) is 18.7 Å². The van der Waals surface area contributed by atoms with E-state index in [9.17, 15) is 17.5 Å². The van der Waals surface area contributed by atoms with Crippen LogP contribution < -0.4 is 4.90 Å². The van der Waals surface area contributed by atoms with Crippen molar-refractivity contribution in [1.29, 1.82) is 0 Å². The lowest BCUT2D eigenvalue weighted by Crippen LogP contribution is -2.24. The molecule has 1 aromatic carbocycles. The van der Waals surface area contributed by atoms with Crippen LogP contribution in [0.25, 0.3) is 9.69 Å². The number of anilines is 1. The monoisotopic (exact) mass is 452 g/mol. The minimum atomic E-state index is -4.96. The number of alkyl halides is 2. The van der Waals surface area contributed by atoms with Gasteiger partial charge in [0.05, 0.1) is 7.05 Å². The van der Waals surface area contributed by atoms with Crippen molar-refractivity contribution in [1.82, 2.24) is 9.55 Å². The Hall–Kier alpha value is -3.49. The Balaban J connectivity index is 2.18. The molecule has 0 bridgehead atoms. The standard InChI is InChI=1S/C17H15F3N8O2S/c1-21-14-15(22-2)28(4)17(23-14)25-24-11-8-10-6-5-7-27(3)13(10)9-12(11)26-31(29,30-20)16(18)19/h8-9,16H,5-7H2,3-4H3. The molecule has 1 aliphatic heterocycles. The van der Waals surface area contributed by atoms with Crippen molar-refractivity contribution in [2.45, 2.75) is 18.6 Å². The lowest BCUT2D eigenvalue weighted by molar-refractivity contribution is -0.000950. The van der Waals surface area contributed by atoms with Crippen molar-refractivity contribution < 1.29 is 21.9 Å². The summed E-state index contributed by atoms with van der Waals surface area (Å²) in [7, 11) is -1.72. The smallest absolute Gasteiger partial charge is 0.374 e. The zero-order valence-corrected chi connectivity index (χ0v) is 17.1. The molecule has 0 saturated heterocycles. The first-order valence-electron chi connectivity index (χ1n) is 8.69. The first kappa shape index (κ1) is 22.2. The Morgan fingerprint density at radius 3 is 2.55 bits per heavy atom. The van der Waals surface area contributed by atoms with E-state index in [1.165, 1.54) is 23.7 Å². The number of imidazole rings is 1. The number of rotatable bonds is 5. The molecule has 0 spiro atoms. The van der Waals surface area contributed by atoms with Crippen LogP contribution in [-0.2, 0) is 27.9 Å². The second-order valence-corrected chi connectivity index (χ2v) is 8.16. The van der Waals surface area contributed by atoms with Crippen LogP contribution in [0.5, 0.6) is 0 Å². The first-order chi connectivity index (χ1) is 14.7. The van der Waals surface area contributed by atoms with Crippen molar-refractivity contribution in [3.8, 4) is 0 Å². The summed E-state index contributed by atoms with van der Waals surface area (Å²) in [5.74, 6) is -4.01. The molecule has 0 aliphatic carbocycles. The molecule has 162 valence electrons. The number of aromatic nitrogens is 2. The quantitative estimate of drug-likeness (QED) is 0.445. The van der Waals surface area contributed by atoms with Gasteiger partial charge in [0, 0.05) is 19.3 Å². The van der Waals surface area contributed by atoms with Gasteiger partial charge in [0.2, 0.25) is 0 Å². The van der Waals surface area contributed by atoms with Gasteiger partial charge >= 0.3 is 11.7 Å². The highest BCUT2D eigenvalue weighted by molar-refractivity contribution is 7.89. The topological polar surface area (TPSA) is 93.2 Å².